The number of hydrogen-bond acceptors (Lipinski definition) is 11. The predicted octanol–water partition coefficient (Wildman–Crippen LogP) is 6.24. The maximum Gasteiger partial charge on any atom is 0.459 e. The van der Waals surface area contributed by atoms with Gasteiger partial charge in [-0.05, 0) is 44.0 Å². The number of hydrogen-bond donors (Lipinski definition) is 4. The quantitative estimate of drug-likeness (QED) is 0.0521. The van der Waals surface area contributed by atoms with Gasteiger partial charge in [-0.2, -0.15) is 15.4 Å². The number of fused-ring (bicyclic) bond motifs is 1. The van der Waals surface area contributed by atoms with Crippen molar-refractivity contribution in [3.8, 4) is 11.8 Å². The van der Waals surface area contributed by atoms with Gasteiger partial charge in [0, 0.05) is 5.92 Å². The third kappa shape index (κ3) is 10.3. The van der Waals surface area contributed by atoms with Crippen LogP contribution in [0.5, 0.6) is 5.75 Å². The lowest BCUT2D eigenvalue weighted by molar-refractivity contribution is -0.145. The molecule has 1 aromatic carbocycles. The normalized spacial score (nSPS) is 22.2. The van der Waals surface area contributed by atoms with Gasteiger partial charge in [-0.3, -0.25) is 9.32 Å². The van der Waals surface area contributed by atoms with Crippen molar-refractivity contribution < 1.29 is 33.4 Å². The summed E-state index contributed by atoms with van der Waals surface area (Å²) in [6.07, 6.45) is 12.6. The van der Waals surface area contributed by atoms with E-state index in [0.29, 0.717) is 11.2 Å². The summed E-state index contributed by atoms with van der Waals surface area (Å²) >= 11 is 0. The van der Waals surface area contributed by atoms with E-state index in [0.717, 1.165) is 19.3 Å². The van der Waals surface area contributed by atoms with Gasteiger partial charge in [-0.15, -0.1) is 0 Å². The summed E-state index contributed by atoms with van der Waals surface area (Å²) in [6.45, 7) is 3.63. The number of nitrogens with zero attached hydrogens (tertiary/aromatic N) is 4. The largest absolute Gasteiger partial charge is 0.465 e. The highest BCUT2D eigenvalue weighted by Gasteiger charge is 2.56. The predicted molar refractivity (Wildman–Crippen MR) is 190 cm³/mol. The Morgan fingerprint density at radius 1 is 1.06 bits per heavy atom. The van der Waals surface area contributed by atoms with Crippen molar-refractivity contribution in [1.29, 1.82) is 5.26 Å². The number of ether oxygens (including phenoxy) is 1. The number of carbonyl (C=O) groups is 1. The third-order valence-corrected chi connectivity index (χ3v) is 11.1. The first kappa shape index (κ1) is 39.3. The maximum absolute atomic E-state index is 14.1. The van der Waals surface area contributed by atoms with Crippen molar-refractivity contribution in [1.82, 2.24) is 19.7 Å². The van der Waals surface area contributed by atoms with Crippen LogP contribution in [0, 0.1) is 17.2 Å². The van der Waals surface area contributed by atoms with Crippen LogP contribution < -0.4 is 15.3 Å². The van der Waals surface area contributed by atoms with Crippen LogP contribution in [0.25, 0.3) is 5.52 Å². The summed E-state index contributed by atoms with van der Waals surface area (Å²) < 4.78 is 32.6. The molecule has 1 saturated carbocycles. The lowest BCUT2D eigenvalue weighted by atomic mass is 9.81. The van der Waals surface area contributed by atoms with Gasteiger partial charge in [0.05, 0.1) is 31.1 Å². The molecular formula is C36H53N6O7P. The van der Waals surface area contributed by atoms with Crippen molar-refractivity contribution in [3.05, 3.63) is 54.5 Å². The number of aromatic nitrogens is 3. The second-order valence-corrected chi connectivity index (χ2v) is 14.9. The SMILES string of the molecule is CCCCCCCCCCCCCCOC(=O)[C@H](C)NP(=O)(OC[C@H]1C[C@@](C#N)(c2ccc3c(N)ncnn23)[C@H](O)[C@@H]1O)Oc1ccccc1. The minimum Gasteiger partial charge on any atom is -0.465 e. The van der Waals surface area contributed by atoms with Crippen LogP contribution in [-0.2, 0) is 24.0 Å². The van der Waals surface area contributed by atoms with Crippen molar-refractivity contribution in [2.45, 2.75) is 121 Å². The van der Waals surface area contributed by atoms with E-state index >= 15 is 0 Å². The van der Waals surface area contributed by atoms with Gasteiger partial charge in [-0.1, -0.05) is 95.8 Å². The molecule has 1 unspecified atom stereocenters. The third-order valence-electron chi connectivity index (χ3n) is 9.41. The van der Waals surface area contributed by atoms with Crippen LogP contribution in [-0.4, -0.2) is 62.2 Å². The van der Waals surface area contributed by atoms with E-state index in [9.17, 15) is 24.8 Å². The van der Waals surface area contributed by atoms with Crippen LogP contribution in [0.3, 0.4) is 0 Å². The van der Waals surface area contributed by atoms with Gasteiger partial charge in [0.15, 0.2) is 5.82 Å². The average molecular weight is 713 g/mol. The Balaban J connectivity index is 1.30. The number of nitriles is 1. The summed E-state index contributed by atoms with van der Waals surface area (Å²) in [4.78, 5) is 16.8. The highest BCUT2D eigenvalue weighted by molar-refractivity contribution is 7.52. The fraction of sp³-hybridized carbons (Fsp3) is 0.611. The van der Waals surface area contributed by atoms with Crippen molar-refractivity contribution in [2.24, 2.45) is 5.92 Å². The van der Waals surface area contributed by atoms with E-state index in [4.69, 9.17) is 19.5 Å². The topological polar surface area (TPSA) is 194 Å². The molecule has 3 aromatic rings. The number of aliphatic hydroxyl groups excluding tert-OH is 2. The molecule has 50 heavy (non-hydrogen) atoms. The monoisotopic (exact) mass is 712 g/mol. The molecule has 2 aromatic heterocycles. The zero-order chi connectivity index (χ0) is 36.0. The Hall–Kier alpha value is -3.53. The molecule has 6 atom stereocenters. The number of anilines is 1. The molecule has 1 aliphatic rings. The highest BCUT2D eigenvalue weighted by Crippen LogP contribution is 2.49. The smallest absolute Gasteiger partial charge is 0.459 e. The highest BCUT2D eigenvalue weighted by atomic mass is 31.2. The second kappa shape index (κ2) is 19.2. The first-order valence-corrected chi connectivity index (χ1v) is 19.5. The standard InChI is InChI=1S/C36H53N6O7P/c1-3-4-5-6-7-8-9-10-11-12-13-17-22-47-35(45)27(2)41-50(46,49-29-18-15-14-16-19-29)48-24-28-23-36(25-37,33(44)32(28)43)31-21-20-30-34(38)39-26-40-42(30)31/h14-16,18-21,26-28,32-33,43-44H,3-13,17,22-24H2,1-2H3,(H,41,46)(H2,38,39,40)/t27-,28+,32+,33+,36+,50?/m0/s1. The molecule has 0 aliphatic heterocycles. The number of unbranched alkanes of at least 4 members (excludes halogenated alkanes) is 11. The van der Waals surface area contributed by atoms with Gasteiger partial charge in [-0.25, -0.2) is 14.1 Å². The molecule has 0 amide bonds. The minimum atomic E-state index is -4.25. The van der Waals surface area contributed by atoms with Crippen molar-refractivity contribution in [2.75, 3.05) is 18.9 Å². The molecule has 4 rings (SSSR count). The van der Waals surface area contributed by atoms with E-state index in [1.54, 1.807) is 42.5 Å². The maximum atomic E-state index is 14.1. The summed E-state index contributed by atoms with van der Waals surface area (Å²) in [5, 5.41) is 39.5. The Bertz CT molecular complexity index is 1580. The number of carbonyl (C=O) groups excluding carboxylic acids is 1. The van der Waals surface area contributed by atoms with E-state index in [1.807, 2.05) is 0 Å². The summed E-state index contributed by atoms with van der Waals surface area (Å²) in [6, 6.07) is 12.7. The number of rotatable bonds is 22. The summed E-state index contributed by atoms with van der Waals surface area (Å²) in [7, 11) is -4.25. The molecule has 13 nitrogen and oxygen atoms in total. The van der Waals surface area contributed by atoms with E-state index in [2.05, 4.69) is 28.2 Å². The molecule has 0 spiro atoms. The van der Waals surface area contributed by atoms with Crippen LogP contribution in [0.15, 0.2) is 48.8 Å². The number of nitrogens with one attached hydrogen (secondary N) is 1. The molecular weight excluding hydrogens is 659 g/mol. The van der Waals surface area contributed by atoms with Gasteiger partial charge in [0.25, 0.3) is 0 Å². The number of nitrogens with two attached hydrogens (primary N) is 1. The van der Waals surface area contributed by atoms with Gasteiger partial charge < -0.3 is 25.2 Å². The van der Waals surface area contributed by atoms with E-state index in [-0.39, 0.29) is 31.2 Å². The van der Waals surface area contributed by atoms with Crippen molar-refractivity contribution in [3.63, 3.8) is 0 Å². The van der Waals surface area contributed by atoms with Gasteiger partial charge in [0.2, 0.25) is 0 Å². The number of aliphatic hydroxyl groups is 2. The lowest BCUT2D eigenvalue weighted by Crippen LogP contribution is -2.40. The fourth-order valence-corrected chi connectivity index (χ4v) is 8.06. The van der Waals surface area contributed by atoms with Crippen LogP contribution in [0.4, 0.5) is 5.82 Å². The Morgan fingerprint density at radius 2 is 1.70 bits per heavy atom. The lowest BCUT2D eigenvalue weighted by Gasteiger charge is -2.25. The first-order valence-electron chi connectivity index (χ1n) is 17.9. The number of nitrogen functional groups attached to an aromatic ring is 1. The van der Waals surface area contributed by atoms with Gasteiger partial charge >= 0.3 is 13.7 Å². The molecule has 14 heteroatoms. The van der Waals surface area contributed by atoms with Gasteiger partial charge in [0.1, 0.15) is 35.2 Å². The summed E-state index contributed by atoms with van der Waals surface area (Å²) in [5.74, 6) is -1.01. The molecule has 2 heterocycles. The zero-order valence-electron chi connectivity index (χ0n) is 29.3. The zero-order valence-corrected chi connectivity index (χ0v) is 30.2. The van der Waals surface area contributed by atoms with Crippen molar-refractivity contribution >= 4 is 25.1 Å². The molecule has 1 fully saturated rings. The Labute approximate surface area is 295 Å². The molecule has 1 aliphatic carbocycles. The fourth-order valence-electron chi connectivity index (χ4n) is 6.51. The number of para-hydroxylation sites is 1. The molecule has 0 saturated heterocycles. The molecule has 0 radical (unpaired) electrons. The second-order valence-electron chi connectivity index (χ2n) is 13.2. The number of benzene rings is 1. The van der Waals surface area contributed by atoms with E-state index in [1.165, 1.54) is 75.6 Å². The van der Waals surface area contributed by atoms with Crippen LogP contribution in [0.1, 0.15) is 103 Å². The Morgan fingerprint density at radius 3 is 2.34 bits per heavy atom. The molecule has 0 bridgehead atoms. The summed E-state index contributed by atoms with van der Waals surface area (Å²) in [5.41, 5.74) is 5.16. The van der Waals surface area contributed by atoms with Crippen LogP contribution in [0.2, 0.25) is 0 Å². The Kier molecular flexibility index (Phi) is 15.1. The number of esters is 1. The minimum absolute atomic E-state index is 0.0518. The molecule has 274 valence electrons. The average Bonchev–Trinajstić information content (AvgIpc) is 3.66. The first-order chi connectivity index (χ1) is 24.1. The van der Waals surface area contributed by atoms with E-state index < -0.39 is 43.3 Å². The van der Waals surface area contributed by atoms with Crippen LogP contribution >= 0.6 is 7.75 Å². The molecule has 5 N–H and O–H groups in total.